The summed E-state index contributed by atoms with van der Waals surface area (Å²) in [6.07, 6.45) is -2.23. The molecule has 38 heavy (non-hydrogen) atoms. The number of fused-ring (bicyclic) bond motifs is 1. The molecule has 0 atom stereocenters. The second kappa shape index (κ2) is 10.1. The molecule has 2 aromatic carbocycles. The SMILES string of the molecule is Cc1[nH]c(C(=C2C(=O)Nc3ccccc32)c2cccc(C(F)(F)F)c2)c(C)c1C(=O)NCCN1CCCC1. The molecule has 2 amide bonds. The Bertz CT molecular complexity index is 1430. The number of aromatic amines is 1. The number of nitrogens with one attached hydrogen (secondary N) is 3. The van der Waals surface area contributed by atoms with Gasteiger partial charge in [0.05, 0.1) is 22.4 Å². The molecule has 9 heteroatoms. The maximum atomic E-state index is 13.7. The van der Waals surface area contributed by atoms with Crippen molar-refractivity contribution >= 4 is 28.6 Å². The second-order valence-electron chi connectivity index (χ2n) is 9.76. The smallest absolute Gasteiger partial charge is 0.358 e. The minimum absolute atomic E-state index is 0.229. The third-order valence-corrected chi connectivity index (χ3v) is 7.23. The zero-order valence-corrected chi connectivity index (χ0v) is 21.3. The van der Waals surface area contributed by atoms with Gasteiger partial charge in [-0.15, -0.1) is 0 Å². The molecule has 0 spiro atoms. The number of amides is 2. The highest BCUT2D eigenvalue weighted by atomic mass is 19.4. The topological polar surface area (TPSA) is 77.2 Å². The molecule has 0 radical (unpaired) electrons. The zero-order chi connectivity index (χ0) is 27.0. The van der Waals surface area contributed by atoms with Gasteiger partial charge in [0, 0.05) is 35.6 Å². The first-order valence-corrected chi connectivity index (χ1v) is 12.7. The highest BCUT2D eigenvalue weighted by Crippen LogP contribution is 2.42. The van der Waals surface area contributed by atoms with Gasteiger partial charge in [0.15, 0.2) is 0 Å². The number of aryl methyl sites for hydroxylation is 1. The Morgan fingerprint density at radius 1 is 1.05 bits per heavy atom. The number of carbonyl (C=O) groups is 2. The van der Waals surface area contributed by atoms with Crippen LogP contribution in [0.25, 0.3) is 11.1 Å². The van der Waals surface area contributed by atoms with Crippen LogP contribution in [-0.4, -0.2) is 47.9 Å². The number of anilines is 1. The van der Waals surface area contributed by atoms with Crippen molar-refractivity contribution in [1.29, 1.82) is 0 Å². The van der Waals surface area contributed by atoms with Crippen molar-refractivity contribution in [2.24, 2.45) is 0 Å². The number of alkyl halides is 3. The fourth-order valence-electron chi connectivity index (χ4n) is 5.39. The number of para-hydroxylation sites is 1. The number of carbonyl (C=O) groups excluding carboxylic acids is 2. The predicted octanol–water partition coefficient (Wildman–Crippen LogP) is 5.39. The monoisotopic (exact) mass is 522 g/mol. The predicted molar refractivity (Wildman–Crippen MR) is 141 cm³/mol. The number of halogens is 3. The summed E-state index contributed by atoms with van der Waals surface area (Å²) in [6.45, 7) is 6.82. The lowest BCUT2D eigenvalue weighted by Crippen LogP contribution is -2.33. The Hall–Kier alpha value is -3.85. The van der Waals surface area contributed by atoms with Gasteiger partial charge < -0.3 is 20.5 Å². The van der Waals surface area contributed by atoms with Crippen molar-refractivity contribution in [3.05, 3.63) is 87.7 Å². The minimum Gasteiger partial charge on any atom is -0.358 e. The van der Waals surface area contributed by atoms with Crippen LogP contribution in [0, 0.1) is 13.8 Å². The summed E-state index contributed by atoms with van der Waals surface area (Å²) in [5.41, 5.74) is 3.16. The molecule has 198 valence electrons. The van der Waals surface area contributed by atoms with E-state index in [1.54, 1.807) is 44.2 Å². The first-order valence-electron chi connectivity index (χ1n) is 12.7. The van der Waals surface area contributed by atoms with Crippen molar-refractivity contribution in [2.45, 2.75) is 32.9 Å². The number of likely N-dealkylation sites (tertiary alicyclic amines) is 1. The molecule has 1 fully saturated rings. The number of benzene rings is 2. The molecule has 3 N–H and O–H groups in total. The molecule has 0 unspecified atom stereocenters. The molecule has 1 saturated heterocycles. The van der Waals surface area contributed by atoms with Crippen LogP contribution in [0.3, 0.4) is 0 Å². The van der Waals surface area contributed by atoms with Crippen molar-refractivity contribution in [3.8, 4) is 0 Å². The normalized spacial score (nSPS) is 16.9. The van der Waals surface area contributed by atoms with Gasteiger partial charge in [-0.3, -0.25) is 9.59 Å². The molecular weight excluding hydrogens is 493 g/mol. The van der Waals surface area contributed by atoms with Crippen molar-refractivity contribution in [1.82, 2.24) is 15.2 Å². The molecule has 2 aliphatic rings. The summed E-state index contributed by atoms with van der Waals surface area (Å²) < 4.78 is 41.0. The highest BCUT2D eigenvalue weighted by molar-refractivity contribution is 6.38. The lowest BCUT2D eigenvalue weighted by Gasteiger charge is -2.15. The van der Waals surface area contributed by atoms with E-state index in [9.17, 15) is 22.8 Å². The molecular formula is C29H29F3N4O2. The van der Waals surface area contributed by atoms with Gasteiger partial charge in [-0.25, -0.2) is 0 Å². The van der Waals surface area contributed by atoms with E-state index in [1.807, 2.05) is 0 Å². The number of nitrogens with zero attached hydrogens (tertiary/aromatic N) is 1. The fourth-order valence-corrected chi connectivity index (χ4v) is 5.39. The number of hydrogen-bond donors (Lipinski definition) is 3. The number of rotatable bonds is 6. The Balaban J connectivity index is 1.61. The van der Waals surface area contributed by atoms with Crippen LogP contribution in [0.5, 0.6) is 0 Å². The summed E-state index contributed by atoms with van der Waals surface area (Å²) in [5, 5.41) is 5.79. The maximum absolute atomic E-state index is 13.7. The van der Waals surface area contributed by atoms with Gasteiger partial charge in [0.2, 0.25) is 0 Å². The van der Waals surface area contributed by atoms with E-state index in [0.29, 0.717) is 45.9 Å². The van der Waals surface area contributed by atoms with Crippen LogP contribution < -0.4 is 10.6 Å². The number of aromatic nitrogens is 1. The molecule has 3 aromatic rings. The van der Waals surface area contributed by atoms with E-state index in [-0.39, 0.29) is 17.0 Å². The van der Waals surface area contributed by atoms with Crippen LogP contribution in [0.4, 0.5) is 18.9 Å². The van der Waals surface area contributed by atoms with Crippen LogP contribution in [0.2, 0.25) is 0 Å². The van der Waals surface area contributed by atoms with Crippen LogP contribution in [-0.2, 0) is 11.0 Å². The molecule has 2 aliphatic heterocycles. The number of hydrogen-bond acceptors (Lipinski definition) is 3. The standard InChI is InChI=1S/C29H29F3N4O2/c1-17-23(27(37)33-12-15-36-13-5-6-14-36)18(2)34-26(17)24(19-8-7-9-20(16-19)29(30,31)32)25-21-10-3-4-11-22(21)35-28(25)38/h3-4,7-11,16,34H,5-6,12-15H2,1-2H3,(H,33,37)(H,35,38). The van der Waals surface area contributed by atoms with E-state index in [4.69, 9.17) is 0 Å². The van der Waals surface area contributed by atoms with Gasteiger partial charge in [-0.1, -0.05) is 30.3 Å². The summed E-state index contributed by atoms with van der Waals surface area (Å²) in [4.78, 5) is 31.9. The third-order valence-electron chi connectivity index (χ3n) is 7.23. The van der Waals surface area contributed by atoms with E-state index in [1.165, 1.54) is 6.07 Å². The Morgan fingerprint density at radius 2 is 1.79 bits per heavy atom. The molecule has 0 aliphatic carbocycles. The van der Waals surface area contributed by atoms with E-state index in [0.717, 1.165) is 44.6 Å². The van der Waals surface area contributed by atoms with Gasteiger partial charge in [-0.2, -0.15) is 13.2 Å². The lowest BCUT2D eigenvalue weighted by atomic mass is 9.90. The van der Waals surface area contributed by atoms with E-state index < -0.39 is 17.6 Å². The van der Waals surface area contributed by atoms with Crippen molar-refractivity contribution < 1.29 is 22.8 Å². The largest absolute Gasteiger partial charge is 0.416 e. The summed E-state index contributed by atoms with van der Waals surface area (Å²) >= 11 is 0. The van der Waals surface area contributed by atoms with Gasteiger partial charge >= 0.3 is 6.18 Å². The first-order chi connectivity index (χ1) is 18.1. The second-order valence-corrected chi connectivity index (χ2v) is 9.76. The highest BCUT2D eigenvalue weighted by Gasteiger charge is 2.34. The van der Waals surface area contributed by atoms with Crippen LogP contribution >= 0.6 is 0 Å². The molecule has 1 aromatic heterocycles. The lowest BCUT2D eigenvalue weighted by molar-refractivity contribution is -0.137. The third kappa shape index (κ3) is 4.86. The molecule has 0 saturated carbocycles. The zero-order valence-electron chi connectivity index (χ0n) is 21.3. The summed E-state index contributed by atoms with van der Waals surface area (Å²) in [6, 6.07) is 12.0. The minimum atomic E-state index is -4.55. The van der Waals surface area contributed by atoms with Gasteiger partial charge in [-0.05, 0) is 69.1 Å². The summed E-state index contributed by atoms with van der Waals surface area (Å²) in [7, 11) is 0. The first kappa shape index (κ1) is 25.8. The van der Waals surface area contributed by atoms with E-state index in [2.05, 4.69) is 20.5 Å². The van der Waals surface area contributed by atoms with Gasteiger partial charge in [0.1, 0.15) is 0 Å². The summed E-state index contributed by atoms with van der Waals surface area (Å²) in [5.74, 6) is -0.673. The van der Waals surface area contributed by atoms with Gasteiger partial charge in [0.25, 0.3) is 11.8 Å². The average Bonchev–Trinajstić information content (AvgIpc) is 3.58. The fraction of sp³-hybridized carbons (Fsp3) is 0.310. The van der Waals surface area contributed by atoms with E-state index >= 15 is 0 Å². The maximum Gasteiger partial charge on any atom is 0.416 e. The quantitative estimate of drug-likeness (QED) is 0.380. The molecule has 5 rings (SSSR count). The Labute approximate surface area is 218 Å². The molecule has 3 heterocycles. The van der Waals surface area contributed by atoms with Crippen LogP contribution in [0.15, 0.2) is 48.5 Å². The number of H-pyrrole nitrogens is 1. The van der Waals surface area contributed by atoms with Crippen molar-refractivity contribution in [3.63, 3.8) is 0 Å². The Morgan fingerprint density at radius 3 is 2.53 bits per heavy atom. The molecule has 6 nitrogen and oxygen atoms in total. The van der Waals surface area contributed by atoms with Crippen LogP contribution in [0.1, 0.15) is 56.8 Å². The van der Waals surface area contributed by atoms with Crippen molar-refractivity contribution in [2.75, 3.05) is 31.5 Å². The Kier molecular flexibility index (Phi) is 6.88. The molecule has 0 bridgehead atoms. The average molecular weight is 523 g/mol.